The van der Waals surface area contributed by atoms with Gasteiger partial charge in [0.15, 0.2) is 0 Å². The van der Waals surface area contributed by atoms with E-state index in [4.69, 9.17) is 4.74 Å². The second-order valence-electron chi connectivity index (χ2n) is 9.13. The minimum Gasteiger partial charge on any atom is -0.493 e. The van der Waals surface area contributed by atoms with E-state index in [1.807, 2.05) is 13.0 Å². The van der Waals surface area contributed by atoms with Crippen LogP contribution in [0, 0.1) is 18.6 Å². The molecule has 0 unspecified atom stereocenters. The summed E-state index contributed by atoms with van der Waals surface area (Å²) in [5, 5.41) is 0. The number of para-hydroxylation sites is 1. The Bertz CT molecular complexity index is 1270. The van der Waals surface area contributed by atoms with Gasteiger partial charge in [-0.05, 0) is 69.6 Å². The first kappa shape index (κ1) is 28.9. The molecule has 0 N–H and O–H groups in total. The molecule has 0 aliphatic carbocycles. The Morgan fingerprint density at radius 2 is 1.65 bits per heavy atom. The molecule has 1 fully saturated rings. The van der Waals surface area contributed by atoms with E-state index in [1.165, 1.54) is 31.4 Å². The van der Waals surface area contributed by atoms with Crippen LogP contribution in [0.15, 0.2) is 71.6 Å². The molecule has 1 saturated heterocycles. The van der Waals surface area contributed by atoms with Crippen LogP contribution in [0.25, 0.3) is 0 Å². The van der Waals surface area contributed by atoms with Crippen LogP contribution in [0.1, 0.15) is 36.8 Å². The minimum atomic E-state index is -4.20. The van der Waals surface area contributed by atoms with Gasteiger partial charge in [0, 0.05) is 18.2 Å². The molecular formula is C28H33ClF2N2O3S. The van der Waals surface area contributed by atoms with Crippen molar-refractivity contribution in [1.82, 2.24) is 4.90 Å². The van der Waals surface area contributed by atoms with Gasteiger partial charge in [-0.3, -0.25) is 4.31 Å². The standard InChI is InChI=1S/C28H32F2N2O3S.ClH/c1-22-10-13-25(14-11-22)36(33,34)32(27-20-24(29)12-15-26(27)30)21-23-8-3-4-9-28(23)35-19-7-18-31-16-5-2-6-17-31;/h3-4,8-15,20H,2,5-7,16-19,21H2,1H3;1H. The molecule has 0 saturated carbocycles. The van der Waals surface area contributed by atoms with Crippen molar-refractivity contribution < 1.29 is 21.9 Å². The third-order valence-electron chi connectivity index (χ3n) is 6.40. The molecule has 1 aliphatic rings. The number of hydrogen-bond acceptors (Lipinski definition) is 4. The Balaban J connectivity index is 0.00000380. The molecule has 0 radical (unpaired) electrons. The number of ether oxygens (including phenoxy) is 1. The first-order chi connectivity index (χ1) is 17.3. The van der Waals surface area contributed by atoms with Crippen molar-refractivity contribution >= 4 is 28.1 Å². The van der Waals surface area contributed by atoms with Crippen molar-refractivity contribution in [3.63, 3.8) is 0 Å². The SMILES string of the molecule is Cc1ccc(S(=O)(=O)N(Cc2ccccc2OCCCN2CCCCC2)c2cc(F)ccc2F)cc1.Cl. The summed E-state index contributed by atoms with van der Waals surface area (Å²) in [6, 6.07) is 16.2. The van der Waals surface area contributed by atoms with Gasteiger partial charge in [0.05, 0.1) is 23.7 Å². The molecule has 37 heavy (non-hydrogen) atoms. The zero-order chi connectivity index (χ0) is 25.5. The summed E-state index contributed by atoms with van der Waals surface area (Å²) in [6.07, 6.45) is 4.59. The third kappa shape index (κ3) is 7.43. The van der Waals surface area contributed by atoms with Crippen molar-refractivity contribution in [2.24, 2.45) is 0 Å². The lowest BCUT2D eigenvalue weighted by molar-refractivity contribution is 0.204. The minimum absolute atomic E-state index is 0. The molecule has 3 aromatic rings. The van der Waals surface area contributed by atoms with Crippen molar-refractivity contribution in [2.75, 3.05) is 30.5 Å². The molecule has 0 bridgehead atoms. The smallest absolute Gasteiger partial charge is 0.264 e. The normalized spacial score (nSPS) is 14.1. The van der Waals surface area contributed by atoms with Gasteiger partial charge >= 0.3 is 0 Å². The number of nitrogens with zero attached hydrogens (tertiary/aromatic N) is 2. The fraction of sp³-hybridized carbons (Fsp3) is 0.357. The van der Waals surface area contributed by atoms with Gasteiger partial charge in [-0.15, -0.1) is 12.4 Å². The molecule has 0 aromatic heterocycles. The lowest BCUT2D eigenvalue weighted by Gasteiger charge is -2.27. The van der Waals surface area contributed by atoms with E-state index in [0.717, 1.165) is 54.1 Å². The van der Waals surface area contributed by atoms with Gasteiger partial charge < -0.3 is 9.64 Å². The van der Waals surface area contributed by atoms with Crippen molar-refractivity contribution in [1.29, 1.82) is 0 Å². The van der Waals surface area contributed by atoms with Gasteiger partial charge in [0.1, 0.15) is 17.4 Å². The Kier molecular flexibility index (Phi) is 10.3. The predicted octanol–water partition coefficient (Wildman–Crippen LogP) is 6.35. The van der Waals surface area contributed by atoms with Gasteiger partial charge in [0.2, 0.25) is 0 Å². The highest BCUT2D eigenvalue weighted by Crippen LogP contribution is 2.31. The third-order valence-corrected chi connectivity index (χ3v) is 8.17. The fourth-order valence-electron chi connectivity index (χ4n) is 4.40. The van der Waals surface area contributed by atoms with E-state index in [-0.39, 0.29) is 29.5 Å². The van der Waals surface area contributed by atoms with Crippen LogP contribution >= 0.6 is 12.4 Å². The maximum atomic E-state index is 14.8. The lowest BCUT2D eigenvalue weighted by Crippen LogP contribution is -2.32. The van der Waals surface area contributed by atoms with Crippen LogP contribution in [0.3, 0.4) is 0 Å². The summed E-state index contributed by atoms with van der Waals surface area (Å²) in [6.45, 7) is 5.29. The fourth-order valence-corrected chi connectivity index (χ4v) is 5.84. The van der Waals surface area contributed by atoms with Crippen LogP contribution in [-0.4, -0.2) is 39.6 Å². The Labute approximate surface area is 224 Å². The van der Waals surface area contributed by atoms with Gasteiger partial charge in [-0.25, -0.2) is 17.2 Å². The van der Waals surface area contributed by atoms with Crippen molar-refractivity contribution in [3.05, 3.63) is 89.5 Å². The molecule has 0 amide bonds. The molecule has 200 valence electrons. The lowest BCUT2D eigenvalue weighted by atomic mass is 10.1. The van der Waals surface area contributed by atoms with E-state index < -0.39 is 21.7 Å². The predicted molar refractivity (Wildman–Crippen MR) is 145 cm³/mol. The van der Waals surface area contributed by atoms with E-state index in [2.05, 4.69) is 4.90 Å². The molecule has 0 atom stereocenters. The van der Waals surface area contributed by atoms with Gasteiger partial charge in [-0.2, -0.15) is 0 Å². The first-order valence-corrected chi connectivity index (χ1v) is 13.8. The van der Waals surface area contributed by atoms with Crippen LogP contribution in [0.2, 0.25) is 0 Å². The molecule has 5 nitrogen and oxygen atoms in total. The van der Waals surface area contributed by atoms with Crippen LogP contribution in [0.4, 0.5) is 14.5 Å². The largest absolute Gasteiger partial charge is 0.493 e. The number of likely N-dealkylation sites (tertiary alicyclic amines) is 1. The van der Waals surface area contributed by atoms with Crippen molar-refractivity contribution in [2.45, 2.75) is 44.0 Å². The Morgan fingerprint density at radius 1 is 0.946 bits per heavy atom. The molecule has 3 aromatic carbocycles. The summed E-state index contributed by atoms with van der Waals surface area (Å²) in [5.41, 5.74) is 1.10. The summed E-state index contributed by atoms with van der Waals surface area (Å²) >= 11 is 0. The number of sulfonamides is 1. The zero-order valence-corrected chi connectivity index (χ0v) is 22.5. The number of anilines is 1. The average Bonchev–Trinajstić information content (AvgIpc) is 2.88. The van der Waals surface area contributed by atoms with Crippen molar-refractivity contribution in [3.8, 4) is 5.75 Å². The maximum absolute atomic E-state index is 14.8. The summed E-state index contributed by atoms with van der Waals surface area (Å²) in [7, 11) is -4.20. The number of benzene rings is 3. The topological polar surface area (TPSA) is 49.9 Å². The zero-order valence-electron chi connectivity index (χ0n) is 20.9. The van der Waals surface area contributed by atoms with Crippen LogP contribution in [0.5, 0.6) is 5.75 Å². The second kappa shape index (κ2) is 13.2. The molecule has 1 heterocycles. The number of aryl methyl sites for hydroxylation is 1. The van der Waals surface area contributed by atoms with Gasteiger partial charge in [0.25, 0.3) is 10.0 Å². The van der Waals surface area contributed by atoms with E-state index >= 15 is 0 Å². The number of rotatable bonds is 10. The molecule has 4 rings (SSSR count). The number of piperidine rings is 1. The van der Waals surface area contributed by atoms with E-state index in [0.29, 0.717) is 17.9 Å². The highest BCUT2D eigenvalue weighted by molar-refractivity contribution is 7.92. The first-order valence-electron chi connectivity index (χ1n) is 12.3. The summed E-state index contributed by atoms with van der Waals surface area (Å²) < 4.78 is 63.2. The average molecular weight is 551 g/mol. The molecule has 0 spiro atoms. The highest BCUT2D eigenvalue weighted by Gasteiger charge is 2.29. The monoisotopic (exact) mass is 550 g/mol. The second-order valence-corrected chi connectivity index (χ2v) is 11.0. The van der Waals surface area contributed by atoms with E-state index in [9.17, 15) is 17.2 Å². The van der Waals surface area contributed by atoms with Crippen LogP contribution < -0.4 is 9.04 Å². The van der Waals surface area contributed by atoms with Gasteiger partial charge in [-0.1, -0.05) is 42.3 Å². The number of halogens is 3. The molecule has 1 aliphatic heterocycles. The van der Waals surface area contributed by atoms with E-state index in [1.54, 1.807) is 30.3 Å². The number of hydrogen-bond donors (Lipinski definition) is 0. The Morgan fingerprint density at radius 3 is 2.38 bits per heavy atom. The van der Waals surface area contributed by atoms with Crippen LogP contribution in [-0.2, 0) is 16.6 Å². The highest BCUT2D eigenvalue weighted by atomic mass is 35.5. The maximum Gasteiger partial charge on any atom is 0.264 e. The quantitative estimate of drug-likeness (QED) is 0.276. The summed E-state index contributed by atoms with van der Waals surface area (Å²) in [4.78, 5) is 2.43. The summed E-state index contributed by atoms with van der Waals surface area (Å²) in [5.74, 6) is -1.03. The molecule has 9 heteroatoms. The molecular weight excluding hydrogens is 518 g/mol. The Hall–Kier alpha value is -2.68.